The molecule has 2 saturated heterocycles. The van der Waals surface area contributed by atoms with E-state index >= 15 is 0 Å². The predicted molar refractivity (Wildman–Crippen MR) is 140 cm³/mol. The van der Waals surface area contributed by atoms with Crippen LogP contribution in [0, 0.1) is 0 Å². The lowest BCUT2D eigenvalue weighted by Gasteiger charge is -2.44. The van der Waals surface area contributed by atoms with Crippen molar-refractivity contribution < 1.29 is 18.9 Å². The molecular weight excluding hydrogens is 542 g/mol. The quantitative estimate of drug-likeness (QED) is 0.187. The molecule has 3 unspecified atom stereocenters. The number of benzene rings is 3. The fourth-order valence-corrected chi connectivity index (χ4v) is 6.98. The van der Waals surface area contributed by atoms with E-state index in [1.54, 1.807) is 21.9 Å². The Kier molecular flexibility index (Phi) is 6.03. The maximum Gasteiger partial charge on any atom is 0.248 e. The number of halogens is 1. The summed E-state index contributed by atoms with van der Waals surface area (Å²) in [6.07, 6.45) is 0.300. The monoisotopic (exact) mass is 565 g/mol. The van der Waals surface area contributed by atoms with Crippen LogP contribution in [0.3, 0.4) is 0 Å². The van der Waals surface area contributed by atoms with Gasteiger partial charge in [0.25, 0.3) is 0 Å². The van der Waals surface area contributed by atoms with Gasteiger partial charge in [0.1, 0.15) is 12.1 Å². The van der Waals surface area contributed by atoms with Gasteiger partial charge in [-0.15, -0.1) is 4.33 Å². The zero-order valence-corrected chi connectivity index (χ0v) is 21.9. The molecule has 0 N–H and O–H groups in total. The highest BCUT2D eigenvalue weighted by Gasteiger charge is 2.66. The van der Waals surface area contributed by atoms with Crippen molar-refractivity contribution in [1.82, 2.24) is 9.80 Å². The van der Waals surface area contributed by atoms with E-state index in [0.717, 1.165) is 33.8 Å². The third-order valence-corrected chi connectivity index (χ3v) is 8.96. The summed E-state index contributed by atoms with van der Waals surface area (Å²) in [7, 11) is 1.72. The van der Waals surface area contributed by atoms with Gasteiger partial charge in [-0.2, -0.15) is 5.06 Å². The summed E-state index contributed by atoms with van der Waals surface area (Å²) in [5, 5.41) is 1.62. The zero-order chi connectivity index (χ0) is 24.9. The van der Waals surface area contributed by atoms with Gasteiger partial charge in [-0.1, -0.05) is 87.6 Å². The lowest BCUT2D eigenvalue weighted by atomic mass is 9.95. The fourth-order valence-electron chi connectivity index (χ4n) is 5.49. The summed E-state index contributed by atoms with van der Waals surface area (Å²) < 4.78 is 4.91. The number of piperazine rings is 1. The minimum Gasteiger partial charge on any atom is -0.332 e. The molecule has 3 heterocycles. The molecule has 36 heavy (non-hydrogen) atoms. The third kappa shape index (κ3) is 3.73. The number of hydrogen-bond acceptors (Lipinski definition) is 6. The number of para-hydroxylation sites is 1. The average molecular weight is 566 g/mol. The van der Waals surface area contributed by atoms with Crippen LogP contribution in [0.4, 0.5) is 5.69 Å². The van der Waals surface area contributed by atoms with Gasteiger partial charge >= 0.3 is 0 Å². The first-order chi connectivity index (χ1) is 17.5. The van der Waals surface area contributed by atoms with E-state index in [9.17, 15) is 9.59 Å². The molecule has 2 fully saturated rings. The minimum atomic E-state index is -0.678. The van der Waals surface area contributed by atoms with Crippen LogP contribution in [0.15, 0.2) is 89.8 Å². The van der Waals surface area contributed by atoms with Gasteiger partial charge in [0.2, 0.25) is 11.8 Å². The number of amides is 2. The SMILES string of the molecule is CN1C(=O)C2C[C@@]3(Br)c4ccccc4N(OOSc4ccccc4)C3N2C(=O)C1Cc1ccccc1. The number of nitrogens with zero attached hydrogens (tertiary/aromatic N) is 3. The number of carbonyl (C=O) groups excluding carboxylic acids is 2. The van der Waals surface area contributed by atoms with E-state index in [1.165, 1.54) is 0 Å². The standard InChI is InChI=1S/C27H24BrN3O4S/c1-29-22(16-18-10-4-2-5-11-18)25(33)30-23(24(29)32)17-27(28)20-14-8-9-15-21(20)31(26(27)30)34-35-36-19-12-6-3-7-13-19/h2-15,22-23,26H,16-17H2,1H3/t22?,23?,26?,27-/m1/s1. The van der Waals surface area contributed by atoms with Crippen LogP contribution in [-0.2, 0) is 29.7 Å². The van der Waals surface area contributed by atoms with Crippen molar-refractivity contribution in [2.75, 3.05) is 12.1 Å². The number of fused-ring (bicyclic) bond motifs is 5. The third-order valence-electron chi connectivity index (χ3n) is 7.21. The van der Waals surface area contributed by atoms with Gasteiger partial charge in [-0.3, -0.25) is 9.59 Å². The average Bonchev–Trinajstić information content (AvgIpc) is 3.35. The normalized spacial score (nSPS) is 26.7. The molecule has 3 aromatic rings. The number of hydroxylamine groups is 1. The summed E-state index contributed by atoms with van der Waals surface area (Å²) >= 11 is 5.04. The van der Waals surface area contributed by atoms with Gasteiger partial charge in [-0.25, -0.2) is 0 Å². The molecule has 6 rings (SSSR count). The fraction of sp³-hybridized carbons (Fsp3) is 0.259. The van der Waals surface area contributed by atoms with Crippen molar-refractivity contribution in [1.29, 1.82) is 0 Å². The first-order valence-electron chi connectivity index (χ1n) is 11.8. The molecule has 7 nitrogen and oxygen atoms in total. The molecule has 2 amide bonds. The van der Waals surface area contributed by atoms with Crippen LogP contribution in [-0.4, -0.2) is 46.9 Å². The van der Waals surface area contributed by atoms with Crippen LogP contribution in [0.1, 0.15) is 17.5 Å². The largest absolute Gasteiger partial charge is 0.332 e. The maximum atomic E-state index is 14.0. The number of rotatable bonds is 6. The number of likely N-dealkylation sites (N-methyl/N-ethyl adjacent to an activating group) is 1. The number of alkyl halides is 1. The topological polar surface area (TPSA) is 62.3 Å². The minimum absolute atomic E-state index is 0.0687. The zero-order valence-electron chi connectivity index (χ0n) is 19.5. The summed E-state index contributed by atoms with van der Waals surface area (Å²) in [4.78, 5) is 37.6. The highest BCUT2D eigenvalue weighted by atomic mass is 79.9. The molecule has 0 radical (unpaired) electrons. The predicted octanol–water partition coefficient (Wildman–Crippen LogP) is 4.68. The lowest BCUT2D eigenvalue weighted by Crippen LogP contribution is -2.66. The van der Waals surface area contributed by atoms with Crippen molar-refractivity contribution in [2.45, 2.75) is 40.3 Å². The molecular formula is C27H24BrN3O4S. The molecule has 9 heteroatoms. The van der Waals surface area contributed by atoms with Crippen LogP contribution in [0.25, 0.3) is 0 Å². The van der Waals surface area contributed by atoms with Crippen molar-refractivity contribution in [3.63, 3.8) is 0 Å². The Morgan fingerprint density at radius 2 is 1.61 bits per heavy atom. The summed E-state index contributed by atoms with van der Waals surface area (Å²) in [5.41, 5.74) is 2.76. The molecule has 3 aromatic carbocycles. The van der Waals surface area contributed by atoms with Crippen LogP contribution < -0.4 is 5.06 Å². The van der Waals surface area contributed by atoms with Crippen LogP contribution in [0.2, 0.25) is 0 Å². The molecule has 0 aliphatic carbocycles. The molecule has 0 bridgehead atoms. The second-order valence-corrected chi connectivity index (χ2v) is 11.4. The summed E-state index contributed by atoms with van der Waals surface area (Å²) in [6, 6.07) is 26.0. The number of hydrogen-bond donors (Lipinski definition) is 0. The van der Waals surface area contributed by atoms with Crippen molar-refractivity contribution in [2.24, 2.45) is 0 Å². The molecule has 4 atom stereocenters. The van der Waals surface area contributed by atoms with Gasteiger partial charge in [0, 0.05) is 24.8 Å². The van der Waals surface area contributed by atoms with E-state index in [2.05, 4.69) is 15.9 Å². The van der Waals surface area contributed by atoms with Gasteiger partial charge < -0.3 is 9.80 Å². The van der Waals surface area contributed by atoms with Crippen molar-refractivity contribution in [3.05, 3.63) is 96.1 Å². The summed E-state index contributed by atoms with van der Waals surface area (Å²) in [6.45, 7) is 0. The molecule has 0 aromatic heterocycles. The molecule has 184 valence electrons. The number of anilines is 1. The first-order valence-corrected chi connectivity index (χ1v) is 13.3. The Balaban J connectivity index is 1.33. The lowest BCUT2D eigenvalue weighted by molar-refractivity contribution is -0.219. The Hall–Kier alpha value is -2.85. The van der Waals surface area contributed by atoms with Crippen molar-refractivity contribution >= 4 is 45.5 Å². The Labute approximate surface area is 222 Å². The van der Waals surface area contributed by atoms with Gasteiger partial charge in [-0.05, 0) is 29.3 Å². The second-order valence-electron chi connectivity index (χ2n) is 9.24. The summed E-state index contributed by atoms with van der Waals surface area (Å²) in [5.74, 6) is -0.171. The molecule has 0 spiro atoms. The van der Waals surface area contributed by atoms with E-state index < -0.39 is 22.6 Å². The molecule has 3 aliphatic rings. The second kappa shape index (κ2) is 9.23. The van der Waals surface area contributed by atoms with Crippen molar-refractivity contribution in [3.8, 4) is 0 Å². The molecule has 3 aliphatic heterocycles. The molecule has 0 saturated carbocycles. The van der Waals surface area contributed by atoms with E-state index in [4.69, 9.17) is 9.32 Å². The Morgan fingerprint density at radius 3 is 2.36 bits per heavy atom. The number of carbonyl (C=O) groups is 2. The van der Waals surface area contributed by atoms with E-state index in [-0.39, 0.29) is 11.8 Å². The Bertz CT molecular complexity index is 1300. The Morgan fingerprint density at radius 1 is 0.944 bits per heavy atom. The van der Waals surface area contributed by atoms with Gasteiger partial charge in [0.05, 0.1) is 22.1 Å². The highest BCUT2D eigenvalue weighted by Crippen LogP contribution is 2.59. The van der Waals surface area contributed by atoms with Crippen LogP contribution >= 0.6 is 28.0 Å². The van der Waals surface area contributed by atoms with Gasteiger partial charge in [0.15, 0.2) is 6.17 Å². The first kappa shape index (κ1) is 23.5. The van der Waals surface area contributed by atoms with E-state index in [0.29, 0.717) is 12.8 Å². The maximum absolute atomic E-state index is 14.0. The smallest absolute Gasteiger partial charge is 0.248 e. The van der Waals surface area contributed by atoms with E-state index in [1.807, 2.05) is 84.9 Å². The van der Waals surface area contributed by atoms with Crippen LogP contribution in [0.5, 0.6) is 0 Å². The highest BCUT2D eigenvalue weighted by molar-refractivity contribution is 9.09.